The second kappa shape index (κ2) is 9.41. The summed E-state index contributed by atoms with van der Waals surface area (Å²) >= 11 is 25.4. The van der Waals surface area contributed by atoms with Crippen LogP contribution in [0.4, 0.5) is 5.69 Å². The number of aryl methyl sites for hydroxylation is 1. The van der Waals surface area contributed by atoms with Gasteiger partial charge in [0.05, 0.1) is 0 Å². The van der Waals surface area contributed by atoms with E-state index >= 15 is 0 Å². The zero-order valence-electron chi connectivity index (χ0n) is 13.5. The van der Waals surface area contributed by atoms with Crippen LogP contribution in [-0.4, -0.2) is 21.0 Å². The Morgan fingerprint density at radius 1 is 1.12 bits per heavy atom. The Labute approximate surface area is 186 Å². The van der Waals surface area contributed by atoms with Crippen molar-refractivity contribution in [3.8, 4) is 0 Å². The van der Waals surface area contributed by atoms with Crippen LogP contribution in [0.1, 0.15) is 15.9 Å². The third-order valence-corrected chi connectivity index (χ3v) is 4.90. The van der Waals surface area contributed by atoms with Gasteiger partial charge in [-0.15, -0.1) is 0 Å². The van der Waals surface area contributed by atoms with Crippen molar-refractivity contribution in [3.63, 3.8) is 0 Å². The first-order valence-corrected chi connectivity index (χ1v) is 10.0. The average molecular weight is 543 g/mol. The standard InChI is InChI=1S/C17H15Cl3IN3OS/c1-10-5-2-3-8-13(10)22-16(26)24-15(17(18,19)20)23-14(25)11-6-4-7-12(21)9-11/h2-9,15H,1H3,(H,23,25)(H2,22,24,26)/t15-/m1/s1. The summed E-state index contributed by atoms with van der Waals surface area (Å²) in [7, 11) is 0. The van der Waals surface area contributed by atoms with E-state index in [1.807, 2.05) is 37.3 Å². The molecule has 0 saturated carbocycles. The van der Waals surface area contributed by atoms with E-state index in [-0.39, 0.29) is 11.0 Å². The van der Waals surface area contributed by atoms with Gasteiger partial charge in [0.1, 0.15) is 6.17 Å². The minimum absolute atomic E-state index is 0.221. The second-order valence-electron chi connectivity index (χ2n) is 5.37. The molecule has 0 saturated heterocycles. The maximum atomic E-state index is 12.5. The van der Waals surface area contributed by atoms with Gasteiger partial charge in [0.15, 0.2) is 5.11 Å². The third-order valence-electron chi connectivity index (χ3n) is 3.36. The summed E-state index contributed by atoms with van der Waals surface area (Å²) in [6.07, 6.45) is -1.03. The molecule has 0 aliphatic heterocycles. The molecule has 2 aromatic rings. The highest BCUT2D eigenvalue weighted by Gasteiger charge is 2.35. The first kappa shape index (κ1) is 21.5. The van der Waals surface area contributed by atoms with E-state index in [4.69, 9.17) is 47.0 Å². The number of thiocarbonyl (C=S) groups is 1. The van der Waals surface area contributed by atoms with Gasteiger partial charge in [-0.1, -0.05) is 59.1 Å². The van der Waals surface area contributed by atoms with Crippen molar-refractivity contribution in [2.45, 2.75) is 16.9 Å². The largest absolute Gasteiger partial charge is 0.339 e. The Morgan fingerprint density at radius 2 is 1.81 bits per heavy atom. The summed E-state index contributed by atoms with van der Waals surface area (Å²) in [5.41, 5.74) is 2.28. The number of alkyl halides is 3. The van der Waals surface area contributed by atoms with Crippen LogP contribution in [0.3, 0.4) is 0 Å². The van der Waals surface area contributed by atoms with E-state index in [2.05, 4.69) is 38.5 Å². The number of rotatable bonds is 4. The molecule has 0 aliphatic rings. The van der Waals surface area contributed by atoms with Gasteiger partial charge in [-0.2, -0.15) is 0 Å². The summed E-state index contributed by atoms with van der Waals surface area (Å²) in [5.74, 6) is -0.383. The fourth-order valence-corrected chi connectivity index (χ4v) is 3.14. The highest BCUT2D eigenvalue weighted by molar-refractivity contribution is 14.1. The molecular weight excluding hydrogens is 528 g/mol. The SMILES string of the molecule is Cc1ccccc1NC(=S)N[C@@H](NC(=O)c1cccc(I)c1)C(Cl)(Cl)Cl. The van der Waals surface area contributed by atoms with Crippen LogP contribution in [0.15, 0.2) is 48.5 Å². The summed E-state index contributed by atoms with van der Waals surface area (Å²) in [5, 5.41) is 8.74. The first-order valence-electron chi connectivity index (χ1n) is 7.43. The van der Waals surface area contributed by atoms with Crippen LogP contribution in [0, 0.1) is 10.5 Å². The summed E-state index contributed by atoms with van der Waals surface area (Å²) in [6.45, 7) is 1.94. The van der Waals surface area contributed by atoms with Crippen molar-refractivity contribution in [2.24, 2.45) is 0 Å². The number of carbonyl (C=O) groups excluding carboxylic acids is 1. The van der Waals surface area contributed by atoms with Crippen LogP contribution in [0.5, 0.6) is 0 Å². The number of amides is 1. The summed E-state index contributed by atoms with van der Waals surface area (Å²) < 4.78 is -0.889. The normalized spacial score (nSPS) is 12.2. The zero-order chi connectivity index (χ0) is 19.3. The average Bonchev–Trinajstić information content (AvgIpc) is 2.55. The second-order valence-corrected chi connectivity index (χ2v) is 9.39. The molecule has 0 fully saturated rings. The molecule has 2 aromatic carbocycles. The first-order chi connectivity index (χ1) is 12.2. The van der Waals surface area contributed by atoms with Crippen LogP contribution in [0.2, 0.25) is 0 Å². The zero-order valence-corrected chi connectivity index (χ0v) is 18.8. The molecule has 4 nitrogen and oxygen atoms in total. The lowest BCUT2D eigenvalue weighted by atomic mass is 10.2. The van der Waals surface area contributed by atoms with Gasteiger partial charge in [-0.05, 0) is 71.6 Å². The molecule has 0 spiro atoms. The quantitative estimate of drug-likeness (QED) is 0.220. The Morgan fingerprint density at radius 3 is 2.42 bits per heavy atom. The molecule has 0 radical (unpaired) electrons. The molecule has 0 bridgehead atoms. The lowest BCUT2D eigenvalue weighted by molar-refractivity contribution is 0.0934. The van der Waals surface area contributed by atoms with E-state index < -0.39 is 9.96 Å². The molecule has 138 valence electrons. The smallest absolute Gasteiger partial charge is 0.253 e. The van der Waals surface area contributed by atoms with E-state index in [0.717, 1.165) is 14.8 Å². The molecule has 1 atom stereocenters. The van der Waals surface area contributed by atoms with Gasteiger partial charge >= 0.3 is 0 Å². The minimum atomic E-state index is -1.81. The van der Waals surface area contributed by atoms with Crippen molar-refractivity contribution in [1.29, 1.82) is 0 Å². The molecule has 9 heteroatoms. The van der Waals surface area contributed by atoms with Crippen LogP contribution < -0.4 is 16.0 Å². The molecule has 0 heterocycles. The third kappa shape index (κ3) is 6.42. The molecular formula is C17H15Cl3IN3OS. The van der Waals surface area contributed by atoms with Crippen LogP contribution in [-0.2, 0) is 0 Å². The van der Waals surface area contributed by atoms with Gasteiger partial charge < -0.3 is 16.0 Å². The molecule has 3 N–H and O–H groups in total. The maximum absolute atomic E-state index is 12.5. The Hall–Kier alpha value is -0.800. The number of para-hydroxylation sites is 1. The van der Waals surface area contributed by atoms with Crippen LogP contribution in [0.25, 0.3) is 0 Å². The Balaban J connectivity index is 2.09. The van der Waals surface area contributed by atoms with E-state index in [0.29, 0.717) is 5.56 Å². The Bertz CT molecular complexity index is 814. The van der Waals surface area contributed by atoms with Gasteiger partial charge in [0.25, 0.3) is 5.91 Å². The number of halogens is 4. The van der Waals surface area contributed by atoms with Gasteiger partial charge in [0.2, 0.25) is 3.79 Å². The Kier molecular flexibility index (Phi) is 7.78. The number of carbonyl (C=O) groups is 1. The summed E-state index contributed by atoms with van der Waals surface area (Å²) in [6, 6.07) is 14.7. The number of nitrogens with one attached hydrogen (secondary N) is 3. The maximum Gasteiger partial charge on any atom is 0.253 e. The lowest BCUT2D eigenvalue weighted by Gasteiger charge is -2.28. The van der Waals surface area contributed by atoms with Crippen molar-refractivity contribution in [2.75, 3.05) is 5.32 Å². The monoisotopic (exact) mass is 541 g/mol. The van der Waals surface area contributed by atoms with Crippen molar-refractivity contribution >= 4 is 86.3 Å². The number of anilines is 1. The predicted molar refractivity (Wildman–Crippen MR) is 121 cm³/mol. The van der Waals surface area contributed by atoms with E-state index in [1.165, 1.54) is 0 Å². The predicted octanol–water partition coefficient (Wildman–Crippen LogP) is 5.01. The fourth-order valence-electron chi connectivity index (χ4n) is 2.05. The number of hydrogen-bond donors (Lipinski definition) is 3. The topological polar surface area (TPSA) is 53.2 Å². The molecule has 0 unspecified atom stereocenters. The fraction of sp³-hybridized carbons (Fsp3) is 0.176. The molecule has 26 heavy (non-hydrogen) atoms. The van der Waals surface area contributed by atoms with Gasteiger partial charge in [0, 0.05) is 14.8 Å². The molecule has 1 amide bonds. The minimum Gasteiger partial charge on any atom is -0.339 e. The van der Waals surface area contributed by atoms with Crippen LogP contribution >= 0.6 is 69.6 Å². The van der Waals surface area contributed by atoms with Crippen molar-refractivity contribution < 1.29 is 4.79 Å². The number of benzene rings is 2. The van der Waals surface area contributed by atoms with Crippen molar-refractivity contribution in [1.82, 2.24) is 10.6 Å². The van der Waals surface area contributed by atoms with E-state index in [9.17, 15) is 4.79 Å². The van der Waals surface area contributed by atoms with Gasteiger partial charge in [-0.3, -0.25) is 4.79 Å². The highest BCUT2D eigenvalue weighted by atomic mass is 127. The van der Waals surface area contributed by atoms with E-state index in [1.54, 1.807) is 18.2 Å². The lowest BCUT2D eigenvalue weighted by Crippen LogP contribution is -2.56. The summed E-state index contributed by atoms with van der Waals surface area (Å²) in [4.78, 5) is 12.5. The van der Waals surface area contributed by atoms with Crippen molar-refractivity contribution in [3.05, 3.63) is 63.2 Å². The number of hydrogen-bond acceptors (Lipinski definition) is 2. The van der Waals surface area contributed by atoms with Gasteiger partial charge in [-0.25, -0.2) is 0 Å². The molecule has 2 rings (SSSR count). The molecule has 0 aromatic heterocycles. The molecule has 0 aliphatic carbocycles. The highest BCUT2D eigenvalue weighted by Crippen LogP contribution is 2.29.